The largest absolute Gasteiger partial charge is 0.445 e. The number of aryl methyl sites for hydroxylation is 1. The summed E-state index contributed by atoms with van der Waals surface area (Å²) in [5.74, 6) is 0. The highest BCUT2D eigenvalue weighted by atomic mass is 16.6. The number of carbonyl (C=O) groups is 1. The summed E-state index contributed by atoms with van der Waals surface area (Å²) in [5.41, 5.74) is 5.34. The second-order valence-electron chi connectivity index (χ2n) is 9.01. The molecule has 1 atom stereocenters. The minimum atomic E-state index is -0.801. The lowest BCUT2D eigenvalue weighted by Gasteiger charge is -2.28. The van der Waals surface area contributed by atoms with Crippen molar-refractivity contribution in [3.63, 3.8) is 0 Å². The molecule has 0 fully saturated rings. The van der Waals surface area contributed by atoms with Gasteiger partial charge in [0.05, 0.1) is 17.8 Å². The Labute approximate surface area is 213 Å². The first-order chi connectivity index (χ1) is 17.3. The summed E-state index contributed by atoms with van der Waals surface area (Å²) in [7, 11) is 1.97. The van der Waals surface area contributed by atoms with Gasteiger partial charge in [-0.2, -0.15) is 0 Å². The molecule has 190 valence electrons. The monoisotopic (exact) mass is 489 g/mol. The normalized spacial score (nSPS) is 13.1. The first-order valence-corrected chi connectivity index (χ1v) is 12.0. The van der Waals surface area contributed by atoms with Crippen molar-refractivity contribution >= 4 is 11.8 Å². The number of nitrogens with zero attached hydrogens (tertiary/aromatic N) is 2. The molecule has 0 aliphatic rings. The van der Waals surface area contributed by atoms with Gasteiger partial charge in [-0.25, -0.2) is 4.79 Å². The van der Waals surface area contributed by atoms with Crippen molar-refractivity contribution in [2.75, 3.05) is 13.2 Å². The number of amides is 1. The molecule has 0 aliphatic carbocycles. The fourth-order valence-corrected chi connectivity index (χ4v) is 3.84. The maximum Gasteiger partial charge on any atom is 0.407 e. The van der Waals surface area contributed by atoms with Crippen LogP contribution in [0.1, 0.15) is 37.2 Å². The molecule has 1 heterocycles. The third-order valence-corrected chi connectivity index (χ3v) is 6.11. The van der Waals surface area contributed by atoms with Crippen molar-refractivity contribution < 1.29 is 19.5 Å². The van der Waals surface area contributed by atoms with Gasteiger partial charge in [0, 0.05) is 12.7 Å². The number of aromatic nitrogens is 1. The van der Waals surface area contributed by atoms with E-state index in [1.165, 1.54) is 11.6 Å². The van der Waals surface area contributed by atoms with Gasteiger partial charge in [-0.05, 0) is 55.5 Å². The quantitative estimate of drug-likeness (QED) is 0.207. The Balaban J connectivity index is 1.55. The van der Waals surface area contributed by atoms with Crippen molar-refractivity contribution in [2.45, 2.75) is 38.8 Å². The van der Waals surface area contributed by atoms with Crippen LogP contribution >= 0.6 is 0 Å². The summed E-state index contributed by atoms with van der Waals surface area (Å²) in [6, 6.07) is 22.5. The van der Waals surface area contributed by atoms with Crippen molar-refractivity contribution in [2.24, 2.45) is 12.2 Å². The van der Waals surface area contributed by atoms with E-state index in [9.17, 15) is 9.90 Å². The van der Waals surface area contributed by atoms with E-state index < -0.39 is 11.6 Å². The fraction of sp³-hybridized carbons (Fsp3) is 0.310. The van der Waals surface area contributed by atoms with Crippen molar-refractivity contribution in [1.82, 2.24) is 9.88 Å². The topological polar surface area (TPSA) is 85.1 Å². The van der Waals surface area contributed by atoms with Gasteiger partial charge in [0.15, 0.2) is 0 Å². The van der Waals surface area contributed by atoms with Crippen molar-refractivity contribution in [1.29, 1.82) is 0 Å². The molecule has 36 heavy (non-hydrogen) atoms. The minimum Gasteiger partial charge on any atom is -0.445 e. The lowest BCUT2D eigenvalue weighted by molar-refractivity contribution is 0.120. The Morgan fingerprint density at radius 3 is 2.47 bits per heavy atom. The van der Waals surface area contributed by atoms with Crippen molar-refractivity contribution in [3.05, 3.63) is 96.3 Å². The van der Waals surface area contributed by atoms with E-state index >= 15 is 0 Å². The van der Waals surface area contributed by atoms with Crippen LogP contribution < -0.4 is 5.32 Å². The zero-order chi connectivity index (χ0) is 26.0. The first kappa shape index (κ1) is 26.8. The molecule has 0 saturated heterocycles. The van der Waals surface area contributed by atoms with E-state index in [0.717, 1.165) is 28.2 Å². The summed E-state index contributed by atoms with van der Waals surface area (Å²) < 4.78 is 7.03. The highest BCUT2D eigenvalue weighted by Gasteiger charge is 2.26. The standard InChI is InChI=1S/C29H35N3O4/c1-5-19-35-28(34)30-29(3,21-33)18-17-26-15-16-27(32(26)4)22(2)31-36-20-23-11-13-25(14-12-23)24-9-7-6-8-10-24/h5-16,33H,1,17-21H2,2-4H3,(H,30,34)/t29-/m1/s1. The van der Waals surface area contributed by atoms with Crippen LogP contribution in [0.5, 0.6) is 0 Å². The second-order valence-corrected chi connectivity index (χ2v) is 9.01. The van der Waals surface area contributed by atoms with Gasteiger partial charge in [0.2, 0.25) is 0 Å². The SMILES string of the molecule is C=CCOC(=O)N[C@@](C)(CO)CCc1ccc(C(C)=NOCc2ccc(-c3ccccc3)cc2)n1C. The Kier molecular flexibility index (Phi) is 9.47. The Morgan fingerprint density at radius 2 is 1.81 bits per heavy atom. The fourth-order valence-electron chi connectivity index (χ4n) is 3.84. The molecular weight excluding hydrogens is 454 g/mol. The highest BCUT2D eigenvalue weighted by molar-refractivity contribution is 5.97. The minimum absolute atomic E-state index is 0.119. The molecule has 0 saturated carbocycles. The van der Waals surface area contributed by atoms with Crippen LogP contribution in [0.25, 0.3) is 11.1 Å². The molecule has 1 aromatic heterocycles. The predicted molar refractivity (Wildman–Crippen MR) is 143 cm³/mol. The zero-order valence-electron chi connectivity index (χ0n) is 21.2. The molecule has 0 bridgehead atoms. The number of hydrogen-bond donors (Lipinski definition) is 2. The van der Waals surface area contributed by atoms with Crippen LogP contribution in [0, 0.1) is 0 Å². The molecule has 3 rings (SSSR count). The maximum absolute atomic E-state index is 11.9. The number of hydrogen-bond acceptors (Lipinski definition) is 5. The highest BCUT2D eigenvalue weighted by Crippen LogP contribution is 2.20. The average molecular weight is 490 g/mol. The molecule has 2 N–H and O–H groups in total. The third-order valence-electron chi connectivity index (χ3n) is 6.11. The molecule has 0 spiro atoms. The number of ether oxygens (including phenoxy) is 1. The number of benzene rings is 2. The average Bonchev–Trinajstić information content (AvgIpc) is 3.27. The molecule has 7 nitrogen and oxygen atoms in total. The lowest BCUT2D eigenvalue weighted by atomic mass is 9.96. The molecule has 7 heteroatoms. The number of nitrogens with one attached hydrogen (secondary N) is 1. The number of oxime groups is 1. The van der Waals surface area contributed by atoms with E-state index in [0.29, 0.717) is 19.4 Å². The summed E-state index contributed by atoms with van der Waals surface area (Å²) in [6.45, 7) is 7.52. The van der Waals surface area contributed by atoms with Gasteiger partial charge in [0.25, 0.3) is 0 Å². The van der Waals surface area contributed by atoms with Gasteiger partial charge in [-0.15, -0.1) is 0 Å². The number of carbonyl (C=O) groups excluding carboxylic acids is 1. The van der Waals surface area contributed by atoms with Crippen LogP contribution in [0.4, 0.5) is 4.79 Å². The third kappa shape index (κ3) is 7.33. The van der Waals surface area contributed by atoms with Crippen LogP contribution in [0.3, 0.4) is 0 Å². The second kappa shape index (κ2) is 12.7. The van der Waals surface area contributed by atoms with Gasteiger partial charge in [0.1, 0.15) is 18.9 Å². The van der Waals surface area contributed by atoms with Gasteiger partial charge >= 0.3 is 6.09 Å². The van der Waals surface area contributed by atoms with E-state index in [-0.39, 0.29) is 13.2 Å². The zero-order valence-corrected chi connectivity index (χ0v) is 21.2. The summed E-state index contributed by atoms with van der Waals surface area (Å²) in [5, 5.41) is 16.9. The van der Waals surface area contributed by atoms with Crippen LogP contribution in [0.2, 0.25) is 0 Å². The number of alkyl carbamates (subject to hydrolysis) is 1. The first-order valence-electron chi connectivity index (χ1n) is 12.0. The summed E-state index contributed by atoms with van der Waals surface area (Å²) >= 11 is 0. The number of aliphatic hydroxyl groups is 1. The van der Waals surface area contributed by atoms with E-state index in [2.05, 4.69) is 41.3 Å². The molecule has 0 unspecified atom stereocenters. The molecule has 1 amide bonds. The van der Waals surface area contributed by atoms with Gasteiger partial charge < -0.3 is 24.6 Å². The van der Waals surface area contributed by atoms with Crippen LogP contribution in [-0.4, -0.2) is 40.2 Å². The van der Waals surface area contributed by atoms with E-state index in [4.69, 9.17) is 9.57 Å². The predicted octanol–water partition coefficient (Wildman–Crippen LogP) is 5.23. The Morgan fingerprint density at radius 1 is 1.11 bits per heavy atom. The summed E-state index contributed by atoms with van der Waals surface area (Å²) in [6.07, 6.45) is 2.11. The number of rotatable bonds is 12. The lowest BCUT2D eigenvalue weighted by Crippen LogP contribution is -2.49. The van der Waals surface area contributed by atoms with Crippen LogP contribution in [0.15, 0.2) is 84.5 Å². The molecule has 2 aromatic carbocycles. The van der Waals surface area contributed by atoms with Gasteiger partial charge in [-0.3, -0.25) is 0 Å². The molecule has 3 aromatic rings. The van der Waals surface area contributed by atoms with E-state index in [1.54, 1.807) is 6.92 Å². The van der Waals surface area contributed by atoms with Gasteiger partial charge in [-0.1, -0.05) is 72.4 Å². The summed E-state index contributed by atoms with van der Waals surface area (Å²) in [4.78, 5) is 17.5. The van der Waals surface area contributed by atoms with Crippen molar-refractivity contribution in [3.8, 4) is 11.1 Å². The molecular formula is C29H35N3O4. The Hall–Kier alpha value is -3.84. The molecule has 0 aliphatic heterocycles. The Bertz CT molecular complexity index is 1170. The molecule has 0 radical (unpaired) electrons. The smallest absolute Gasteiger partial charge is 0.407 e. The van der Waals surface area contributed by atoms with Crippen LogP contribution in [-0.2, 0) is 29.6 Å². The van der Waals surface area contributed by atoms with E-state index in [1.807, 2.05) is 61.0 Å². The maximum atomic E-state index is 11.9. The number of aliphatic hydroxyl groups excluding tert-OH is 1.